The summed E-state index contributed by atoms with van der Waals surface area (Å²) in [5.41, 5.74) is 8.20. The van der Waals surface area contributed by atoms with Crippen molar-refractivity contribution in [2.75, 3.05) is 25.0 Å². The summed E-state index contributed by atoms with van der Waals surface area (Å²) >= 11 is 0. The minimum Gasteiger partial charge on any atom is -0.370 e. The number of aliphatic imine (C=N–C) groups is 1. The average Bonchev–Trinajstić information content (AvgIpc) is 2.76. The summed E-state index contributed by atoms with van der Waals surface area (Å²) in [5, 5.41) is 3.14. The van der Waals surface area contributed by atoms with Gasteiger partial charge in [0.2, 0.25) is 5.91 Å². The lowest BCUT2D eigenvalue weighted by molar-refractivity contribution is -0.130. The number of amides is 1. The standard InChI is InChI=1S/C19H30N4O/c1-15(2)16-8-6-9-17(14-16)22-19(20)21-11-7-13-23-12-5-3-4-10-18(23)24/h6,8-9,14-15H,3-5,7,10-13H2,1-2H3,(H3,20,21,22). The van der Waals surface area contributed by atoms with Crippen molar-refractivity contribution in [2.45, 2.75) is 51.9 Å². The molecule has 132 valence electrons. The van der Waals surface area contributed by atoms with Crippen molar-refractivity contribution in [3.63, 3.8) is 0 Å². The molecule has 24 heavy (non-hydrogen) atoms. The van der Waals surface area contributed by atoms with Gasteiger partial charge in [-0.05, 0) is 42.9 Å². The van der Waals surface area contributed by atoms with Crippen LogP contribution in [0.25, 0.3) is 0 Å². The summed E-state index contributed by atoms with van der Waals surface area (Å²) < 4.78 is 0. The predicted molar refractivity (Wildman–Crippen MR) is 100 cm³/mol. The highest BCUT2D eigenvalue weighted by atomic mass is 16.2. The molecule has 0 aliphatic carbocycles. The van der Waals surface area contributed by atoms with Crippen molar-refractivity contribution in [3.8, 4) is 0 Å². The molecule has 1 aromatic rings. The molecule has 0 radical (unpaired) electrons. The highest BCUT2D eigenvalue weighted by Gasteiger charge is 2.15. The normalized spacial score (nSPS) is 16.4. The topological polar surface area (TPSA) is 70.7 Å². The third kappa shape index (κ3) is 5.87. The SMILES string of the molecule is CC(C)c1cccc(NC(N)=NCCCN2CCCCCC2=O)c1. The van der Waals surface area contributed by atoms with Crippen molar-refractivity contribution < 1.29 is 4.79 Å². The number of rotatable bonds is 6. The van der Waals surface area contributed by atoms with E-state index in [2.05, 4.69) is 36.3 Å². The van der Waals surface area contributed by atoms with E-state index in [0.717, 1.165) is 44.5 Å². The van der Waals surface area contributed by atoms with Gasteiger partial charge in [-0.1, -0.05) is 32.4 Å². The molecule has 1 heterocycles. The van der Waals surface area contributed by atoms with Gasteiger partial charge in [0.25, 0.3) is 0 Å². The molecule has 0 saturated carbocycles. The van der Waals surface area contributed by atoms with Crippen LogP contribution in [0.4, 0.5) is 5.69 Å². The Kier molecular flexibility index (Phi) is 7.09. The molecule has 0 atom stereocenters. The summed E-state index contributed by atoms with van der Waals surface area (Å²) in [6, 6.07) is 8.23. The van der Waals surface area contributed by atoms with Crippen LogP contribution in [0.3, 0.4) is 0 Å². The van der Waals surface area contributed by atoms with Crippen LogP contribution in [0.15, 0.2) is 29.3 Å². The minimum absolute atomic E-state index is 0.285. The monoisotopic (exact) mass is 330 g/mol. The lowest BCUT2D eigenvalue weighted by Crippen LogP contribution is -2.31. The van der Waals surface area contributed by atoms with Gasteiger partial charge in [0.1, 0.15) is 0 Å². The zero-order chi connectivity index (χ0) is 17.4. The quantitative estimate of drug-likeness (QED) is 0.477. The summed E-state index contributed by atoms with van der Waals surface area (Å²) in [6.45, 7) is 6.63. The number of guanidine groups is 1. The van der Waals surface area contributed by atoms with Gasteiger partial charge in [-0.25, -0.2) is 0 Å². The van der Waals surface area contributed by atoms with Gasteiger partial charge in [-0.2, -0.15) is 0 Å². The molecule has 0 aromatic heterocycles. The van der Waals surface area contributed by atoms with Gasteiger partial charge >= 0.3 is 0 Å². The fourth-order valence-electron chi connectivity index (χ4n) is 2.90. The zero-order valence-corrected chi connectivity index (χ0v) is 14.9. The maximum absolute atomic E-state index is 11.9. The molecular formula is C19H30N4O. The molecular weight excluding hydrogens is 300 g/mol. The second-order valence-corrected chi connectivity index (χ2v) is 6.72. The Morgan fingerprint density at radius 1 is 1.33 bits per heavy atom. The maximum atomic E-state index is 11.9. The van der Waals surface area contributed by atoms with Crippen molar-refractivity contribution in [1.82, 2.24) is 4.90 Å². The molecule has 0 unspecified atom stereocenters. The van der Waals surface area contributed by atoms with Crippen LogP contribution < -0.4 is 11.1 Å². The first-order chi connectivity index (χ1) is 11.6. The number of carbonyl (C=O) groups excluding carboxylic acids is 1. The fourth-order valence-corrected chi connectivity index (χ4v) is 2.90. The highest BCUT2D eigenvalue weighted by molar-refractivity contribution is 5.92. The van der Waals surface area contributed by atoms with Crippen LogP contribution in [0.1, 0.15) is 57.4 Å². The molecule has 5 heteroatoms. The van der Waals surface area contributed by atoms with E-state index in [1.54, 1.807) is 0 Å². The van der Waals surface area contributed by atoms with E-state index >= 15 is 0 Å². The van der Waals surface area contributed by atoms with E-state index in [9.17, 15) is 4.79 Å². The Balaban J connectivity index is 1.77. The summed E-state index contributed by atoms with van der Waals surface area (Å²) in [5.74, 6) is 1.20. The third-order valence-corrected chi connectivity index (χ3v) is 4.37. The number of nitrogens with one attached hydrogen (secondary N) is 1. The van der Waals surface area contributed by atoms with E-state index in [4.69, 9.17) is 5.73 Å². The molecule has 2 rings (SSSR count). The van der Waals surface area contributed by atoms with E-state index in [1.807, 2.05) is 17.0 Å². The molecule has 0 spiro atoms. The Hall–Kier alpha value is -2.04. The second kappa shape index (κ2) is 9.30. The summed E-state index contributed by atoms with van der Waals surface area (Å²) in [7, 11) is 0. The first-order valence-electron chi connectivity index (χ1n) is 9.01. The maximum Gasteiger partial charge on any atom is 0.222 e. The average molecular weight is 330 g/mol. The van der Waals surface area contributed by atoms with Gasteiger partial charge in [-0.3, -0.25) is 9.79 Å². The van der Waals surface area contributed by atoms with E-state index < -0.39 is 0 Å². The minimum atomic E-state index is 0.285. The summed E-state index contributed by atoms with van der Waals surface area (Å²) in [6.07, 6.45) is 4.84. The van der Waals surface area contributed by atoms with Gasteiger partial charge in [0.05, 0.1) is 0 Å². The van der Waals surface area contributed by atoms with Crippen molar-refractivity contribution in [1.29, 1.82) is 0 Å². The molecule has 1 aliphatic heterocycles. The third-order valence-electron chi connectivity index (χ3n) is 4.37. The predicted octanol–water partition coefficient (Wildman–Crippen LogP) is 3.33. The smallest absolute Gasteiger partial charge is 0.222 e. The van der Waals surface area contributed by atoms with Crippen LogP contribution in [0.5, 0.6) is 0 Å². The van der Waals surface area contributed by atoms with Crippen LogP contribution in [0, 0.1) is 0 Å². The first kappa shape index (κ1) is 18.3. The van der Waals surface area contributed by atoms with Crippen molar-refractivity contribution >= 4 is 17.6 Å². The Morgan fingerprint density at radius 3 is 2.96 bits per heavy atom. The Bertz CT molecular complexity index is 568. The second-order valence-electron chi connectivity index (χ2n) is 6.72. The molecule has 1 fully saturated rings. The zero-order valence-electron chi connectivity index (χ0n) is 14.9. The van der Waals surface area contributed by atoms with Crippen LogP contribution in [-0.2, 0) is 4.79 Å². The van der Waals surface area contributed by atoms with Crippen molar-refractivity contribution in [2.24, 2.45) is 10.7 Å². The molecule has 0 bridgehead atoms. The van der Waals surface area contributed by atoms with E-state index in [-0.39, 0.29) is 5.91 Å². The first-order valence-corrected chi connectivity index (χ1v) is 9.01. The molecule has 1 aromatic carbocycles. The largest absolute Gasteiger partial charge is 0.370 e. The fraction of sp³-hybridized carbons (Fsp3) is 0.579. The van der Waals surface area contributed by atoms with Gasteiger partial charge in [0.15, 0.2) is 5.96 Å². The Morgan fingerprint density at radius 2 is 2.17 bits per heavy atom. The number of benzene rings is 1. The number of carbonyl (C=O) groups is 1. The lowest BCUT2D eigenvalue weighted by Gasteiger charge is -2.19. The van der Waals surface area contributed by atoms with Crippen LogP contribution in [-0.4, -0.2) is 36.4 Å². The van der Waals surface area contributed by atoms with E-state index in [1.165, 1.54) is 5.56 Å². The van der Waals surface area contributed by atoms with Crippen molar-refractivity contribution in [3.05, 3.63) is 29.8 Å². The highest BCUT2D eigenvalue weighted by Crippen LogP contribution is 2.18. The molecule has 3 N–H and O–H groups in total. The van der Waals surface area contributed by atoms with Crippen LogP contribution >= 0.6 is 0 Å². The number of hydrogen-bond donors (Lipinski definition) is 2. The Labute approximate surface area is 145 Å². The van der Waals surface area contributed by atoms with Gasteiger partial charge in [0, 0.05) is 31.7 Å². The number of anilines is 1. The molecule has 5 nitrogen and oxygen atoms in total. The summed E-state index contributed by atoms with van der Waals surface area (Å²) in [4.78, 5) is 18.3. The lowest BCUT2D eigenvalue weighted by atomic mass is 10.0. The van der Waals surface area contributed by atoms with Gasteiger partial charge < -0.3 is 16.0 Å². The molecule has 1 saturated heterocycles. The number of likely N-dealkylation sites (tertiary alicyclic amines) is 1. The van der Waals surface area contributed by atoms with E-state index in [0.29, 0.717) is 24.8 Å². The van der Waals surface area contributed by atoms with Gasteiger partial charge in [-0.15, -0.1) is 0 Å². The molecule has 1 aliphatic rings. The number of hydrogen-bond acceptors (Lipinski definition) is 2. The number of nitrogens with two attached hydrogens (primary N) is 1. The van der Waals surface area contributed by atoms with Crippen LogP contribution in [0.2, 0.25) is 0 Å². The molecule has 1 amide bonds. The number of nitrogens with zero attached hydrogens (tertiary/aromatic N) is 2.